The molecular weight excluding hydrogens is 345 g/mol. The molecule has 1 radical (unpaired) electrons. The topological polar surface area (TPSA) is 0 Å². The Morgan fingerprint density at radius 3 is 2.31 bits per heavy atom. The normalized spacial score (nSPS) is 8.46. The smallest absolute Gasteiger partial charge is 0.00992 e. The Morgan fingerprint density at radius 1 is 1.00 bits per heavy atom. The molecule has 13 heavy (non-hydrogen) atoms. The summed E-state index contributed by atoms with van der Waals surface area (Å²) in [5.41, 5.74) is 0. The molecular formula is C10H7Br2Zn. The Labute approximate surface area is 99.0 Å². The van der Waals surface area contributed by atoms with E-state index in [4.69, 9.17) is 0 Å². The van der Waals surface area contributed by atoms with E-state index >= 15 is 0 Å². The molecule has 0 N–H and O–H groups in total. The first-order valence-electron chi connectivity index (χ1n) is 3.86. The van der Waals surface area contributed by atoms with Crippen molar-refractivity contribution in [1.29, 1.82) is 0 Å². The van der Waals surface area contributed by atoms with Crippen LogP contribution in [0.4, 0.5) is 0 Å². The van der Waals surface area contributed by atoms with Crippen molar-refractivity contribution in [3.63, 3.8) is 0 Å². The summed E-state index contributed by atoms with van der Waals surface area (Å²) in [5.74, 6) is 0. The fourth-order valence-corrected chi connectivity index (χ4v) is 1.06. The van der Waals surface area contributed by atoms with Gasteiger partial charge < -0.3 is 0 Å². The Kier molecular flexibility index (Phi) is 5.85. The third-order valence-corrected chi connectivity index (χ3v) is 1.57. The standard InChI is InChI=1S/C10H7.2BrH.Zn/c1-2-6-10-8-4-3-7-9(10)5-1;;;/h1-7H;2*1H;/q;;;+2/p-2. The van der Waals surface area contributed by atoms with Gasteiger partial charge in [-0.1, -0.05) is 42.5 Å². The molecule has 0 aromatic heterocycles. The van der Waals surface area contributed by atoms with Crippen molar-refractivity contribution in [3.8, 4) is 0 Å². The number of halogens is 2. The van der Waals surface area contributed by atoms with Gasteiger partial charge in [-0.15, -0.1) is 0 Å². The predicted octanol–water partition coefficient (Wildman–Crippen LogP) is 4.33. The molecule has 0 atom stereocenters. The molecule has 0 amide bonds. The summed E-state index contributed by atoms with van der Waals surface area (Å²) >= 11 is 6.25. The van der Waals surface area contributed by atoms with Crippen LogP contribution in [0.15, 0.2) is 42.5 Å². The number of benzene rings is 2. The van der Waals surface area contributed by atoms with Crippen LogP contribution < -0.4 is 0 Å². The minimum Gasteiger partial charge on any atom is -0.0616 e. The van der Waals surface area contributed by atoms with Crippen molar-refractivity contribution >= 4 is 38.0 Å². The molecule has 0 saturated heterocycles. The van der Waals surface area contributed by atoms with Crippen LogP contribution >= 0.6 is 27.2 Å². The maximum atomic E-state index is 3.25. The molecule has 0 fully saturated rings. The van der Waals surface area contributed by atoms with E-state index < -0.39 is 0 Å². The van der Waals surface area contributed by atoms with E-state index in [1.165, 1.54) is 10.8 Å². The van der Waals surface area contributed by atoms with Gasteiger partial charge in [0.2, 0.25) is 0 Å². The SMILES string of the molecule is [Br][Zn][Br].[c]1cccc2ccccc12. The van der Waals surface area contributed by atoms with Crippen LogP contribution in [0, 0.1) is 6.07 Å². The third-order valence-electron chi connectivity index (χ3n) is 1.57. The van der Waals surface area contributed by atoms with E-state index in [1.54, 1.807) is 0 Å². The van der Waals surface area contributed by atoms with Crippen LogP contribution in [-0.4, -0.2) is 0 Å². The second kappa shape index (κ2) is 6.70. The summed E-state index contributed by atoms with van der Waals surface area (Å²) in [6, 6.07) is 17.4. The number of fused-ring (bicyclic) bond motifs is 1. The van der Waals surface area contributed by atoms with E-state index in [1.807, 2.05) is 24.3 Å². The molecule has 0 unspecified atom stereocenters. The van der Waals surface area contributed by atoms with Crippen molar-refractivity contribution < 1.29 is 13.2 Å². The van der Waals surface area contributed by atoms with Crippen molar-refractivity contribution in [2.75, 3.05) is 0 Å². The number of hydrogen-bond acceptors (Lipinski definition) is 0. The molecule has 0 aliphatic carbocycles. The molecule has 0 spiro atoms. The summed E-state index contributed by atoms with van der Waals surface area (Å²) in [5, 5.41) is 2.44. The molecule has 0 aliphatic rings. The van der Waals surface area contributed by atoms with Gasteiger partial charge in [-0.25, -0.2) is 0 Å². The Hall–Kier alpha value is 0.283. The van der Waals surface area contributed by atoms with E-state index in [0.29, 0.717) is 0 Å². The zero-order chi connectivity index (χ0) is 9.52. The zero-order valence-corrected chi connectivity index (χ0v) is 13.1. The molecule has 0 heterocycles. The molecule has 0 nitrogen and oxygen atoms in total. The molecule has 63 valence electrons. The van der Waals surface area contributed by atoms with Crippen LogP contribution in [0.1, 0.15) is 0 Å². The molecule has 2 aromatic carbocycles. The summed E-state index contributed by atoms with van der Waals surface area (Å²) in [6.07, 6.45) is 0. The molecule has 0 aliphatic heterocycles. The van der Waals surface area contributed by atoms with Gasteiger partial charge in [0.15, 0.2) is 0 Å². The quantitative estimate of drug-likeness (QED) is 0.619. The van der Waals surface area contributed by atoms with Gasteiger partial charge in [-0.05, 0) is 16.8 Å². The van der Waals surface area contributed by atoms with E-state index in [-0.39, 0.29) is 13.2 Å². The monoisotopic (exact) mass is 349 g/mol. The van der Waals surface area contributed by atoms with Crippen LogP contribution in [-0.2, 0) is 13.2 Å². The van der Waals surface area contributed by atoms with Gasteiger partial charge in [0.25, 0.3) is 0 Å². The van der Waals surface area contributed by atoms with Gasteiger partial charge in [0, 0.05) is 0 Å². The van der Waals surface area contributed by atoms with E-state index in [9.17, 15) is 0 Å². The number of rotatable bonds is 0. The Bertz CT molecular complexity index is 297. The van der Waals surface area contributed by atoms with E-state index in [2.05, 4.69) is 51.5 Å². The zero-order valence-electron chi connectivity index (χ0n) is 7.00. The Morgan fingerprint density at radius 2 is 1.62 bits per heavy atom. The summed E-state index contributed by atoms with van der Waals surface area (Å²) in [7, 11) is 0. The van der Waals surface area contributed by atoms with Crippen molar-refractivity contribution in [2.45, 2.75) is 0 Å². The first-order chi connectivity index (χ1) is 6.38. The van der Waals surface area contributed by atoms with Crippen LogP contribution in [0.5, 0.6) is 0 Å². The minimum absolute atomic E-state index is 0.250. The van der Waals surface area contributed by atoms with Crippen molar-refractivity contribution in [1.82, 2.24) is 0 Å². The minimum atomic E-state index is -0.250. The third kappa shape index (κ3) is 3.89. The summed E-state index contributed by atoms with van der Waals surface area (Å²) < 4.78 is 0. The fraction of sp³-hybridized carbons (Fsp3) is 0. The fourth-order valence-electron chi connectivity index (χ4n) is 1.06. The average molecular weight is 352 g/mol. The van der Waals surface area contributed by atoms with Crippen molar-refractivity contribution in [3.05, 3.63) is 48.5 Å². The molecule has 0 saturated carbocycles. The molecule has 0 bridgehead atoms. The van der Waals surface area contributed by atoms with Gasteiger partial charge in [-0.2, -0.15) is 0 Å². The summed E-state index contributed by atoms with van der Waals surface area (Å²) in [6.45, 7) is 0. The van der Waals surface area contributed by atoms with Gasteiger partial charge in [-0.3, -0.25) is 0 Å². The van der Waals surface area contributed by atoms with Gasteiger partial charge >= 0.3 is 40.5 Å². The van der Waals surface area contributed by atoms with Crippen LogP contribution in [0.2, 0.25) is 0 Å². The first kappa shape index (κ1) is 11.4. The molecule has 2 rings (SSSR count). The number of hydrogen-bond donors (Lipinski definition) is 0. The first-order valence-corrected chi connectivity index (χ1v) is 17.8. The van der Waals surface area contributed by atoms with Crippen LogP contribution in [0.25, 0.3) is 10.8 Å². The maximum Gasteiger partial charge on any atom is -0.00992 e. The second-order valence-electron chi connectivity index (χ2n) is 2.36. The average Bonchev–Trinajstić information content (AvgIpc) is 2.19. The van der Waals surface area contributed by atoms with Gasteiger partial charge in [0.05, 0.1) is 0 Å². The Balaban J connectivity index is 0.000000251. The van der Waals surface area contributed by atoms with Gasteiger partial charge in [0.1, 0.15) is 0 Å². The van der Waals surface area contributed by atoms with Crippen LogP contribution in [0.3, 0.4) is 0 Å². The van der Waals surface area contributed by atoms with E-state index in [0.717, 1.165) is 0 Å². The molecule has 2 aromatic rings. The predicted molar refractivity (Wildman–Crippen MR) is 60.6 cm³/mol. The second-order valence-corrected chi connectivity index (χ2v) is 16.4. The molecule has 3 heteroatoms. The summed E-state index contributed by atoms with van der Waals surface area (Å²) in [4.78, 5) is 0. The van der Waals surface area contributed by atoms with Crippen molar-refractivity contribution in [2.24, 2.45) is 0 Å². The maximum absolute atomic E-state index is 3.25. The largest absolute Gasteiger partial charge is 0.0616 e.